The highest BCUT2D eigenvalue weighted by Gasteiger charge is 2.35. The lowest BCUT2D eigenvalue weighted by atomic mass is 9.83. The van der Waals surface area contributed by atoms with Gasteiger partial charge in [-0.2, -0.15) is 5.26 Å². The van der Waals surface area contributed by atoms with Gasteiger partial charge in [0.15, 0.2) is 0 Å². The number of rotatable bonds is 3. The van der Waals surface area contributed by atoms with Crippen molar-refractivity contribution in [2.75, 3.05) is 0 Å². The number of halogens is 1. The van der Waals surface area contributed by atoms with Gasteiger partial charge in [-0.05, 0) is 25.1 Å². The monoisotopic (exact) mass is 377 g/mol. The standard InChI is InChI=1S/C21H16FN3O3/c1-12-9-17-19(21(26)25(12)11-13-5-4-8-27-13)18(15(10-23)20(24)28-17)14-6-2-3-7-16(14)22/h2-9,18H,11,24H2,1H3/t18-/m0/s1. The minimum Gasteiger partial charge on any atom is -0.467 e. The smallest absolute Gasteiger partial charge is 0.259 e. The highest BCUT2D eigenvalue weighted by atomic mass is 19.1. The van der Waals surface area contributed by atoms with Gasteiger partial charge in [0.2, 0.25) is 5.88 Å². The number of pyridine rings is 1. The van der Waals surface area contributed by atoms with Crippen LogP contribution in [0, 0.1) is 24.1 Å². The van der Waals surface area contributed by atoms with E-state index >= 15 is 0 Å². The molecule has 4 rings (SSSR count). The highest BCUT2D eigenvalue weighted by molar-refractivity contribution is 5.55. The molecule has 0 saturated heterocycles. The van der Waals surface area contributed by atoms with Gasteiger partial charge in [-0.1, -0.05) is 18.2 Å². The molecule has 3 aromatic rings. The van der Waals surface area contributed by atoms with Crippen LogP contribution in [0.4, 0.5) is 4.39 Å². The third-order valence-corrected chi connectivity index (χ3v) is 4.80. The summed E-state index contributed by atoms with van der Waals surface area (Å²) in [4.78, 5) is 13.4. The van der Waals surface area contributed by atoms with Crippen LogP contribution in [0.25, 0.3) is 0 Å². The number of aryl methyl sites for hydroxylation is 1. The Balaban J connectivity index is 1.97. The molecule has 0 spiro atoms. The van der Waals surface area contributed by atoms with Gasteiger partial charge in [0.1, 0.15) is 29.0 Å². The zero-order chi connectivity index (χ0) is 19.8. The van der Waals surface area contributed by atoms with E-state index in [1.807, 2.05) is 6.07 Å². The number of hydrogen-bond donors (Lipinski definition) is 1. The molecular weight excluding hydrogens is 361 g/mol. The first-order valence-electron chi connectivity index (χ1n) is 8.60. The number of hydrogen-bond acceptors (Lipinski definition) is 5. The molecule has 1 aliphatic rings. The van der Waals surface area contributed by atoms with Crippen LogP contribution in [0.3, 0.4) is 0 Å². The number of benzene rings is 1. The Bertz CT molecular complexity index is 1190. The number of ether oxygens (including phenoxy) is 1. The molecule has 28 heavy (non-hydrogen) atoms. The van der Waals surface area contributed by atoms with Crippen LogP contribution in [0.1, 0.15) is 28.5 Å². The fourth-order valence-electron chi connectivity index (χ4n) is 3.46. The van der Waals surface area contributed by atoms with E-state index in [-0.39, 0.29) is 40.4 Å². The van der Waals surface area contributed by atoms with E-state index < -0.39 is 11.7 Å². The summed E-state index contributed by atoms with van der Waals surface area (Å²) in [5.74, 6) is -0.793. The van der Waals surface area contributed by atoms with E-state index in [2.05, 4.69) is 0 Å². The van der Waals surface area contributed by atoms with Crippen molar-refractivity contribution in [3.63, 3.8) is 0 Å². The maximum Gasteiger partial charge on any atom is 0.259 e. The van der Waals surface area contributed by atoms with Gasteiger partial charge in [0.05, 0.1) is 24.3 Å². The van der Waals surface area contributed by atoms with Gasteiger partial charge in [-0.3, -0.25) is 4.79 Å². The zero-order valence-corrected chi connectivity index (χ0v) is 15.0. The number of furan rings is 1. The minimum absolute atomic E-state index is 0.00287. The predicted octanol–water partition coefficient (Wildman–Crippen LogP) is 3.16. The van der Waals surface area contributed by atoms with Gasteiger partial charge in [0.25, 0.3) is 5.56 Å². The molecule has 0 bridgehead atoms. The Labute approximate surface area is 159 Å². The summed E-state index contributed by atoms with van der Waals surface area (Å²) in [7, 11) is 0. The summed E-state index contributed by atoms with van der Waals surface area (Å²) < 4.78 is 27.0. The second-order valence-electron chi connectivity index (χ2n) is 6.48. The Kier molecular flexibility index (Phi) is 4.24. The molecule has 140 valence electrons. The maximum atomic E-state index is 14.6. The van der Waals surface area contributed by atoms with Crippen LogP contribution in [0.2, 0.25) is 0 Å². The molecule has 7 heteroatoms. The second-order valence-corrected chi connectivity index (χ2v) is 6.48. The van der Waals surface area contributed by atoms with Gasteiger partial charge < -0.3 is 19.5 Å². The van der Waals surface area contributed by atoms with E-state index in [0.29, 0.717) is 11.5 Å². The number of nitriles is 1. The molecular formula is C21H16FN3O3. The summed E-state index contributed by atoms with van der Waals surface area (Å²) in [6.45, 7) is 1.96. The van der Waals surface area contributed by atoms with E-state index in [1.165, 1.54) is 23.0 Å². The van der Waals surface area contributed by atoms with Crippen molar-refractivity contribution in [2.24, 2.45) is 5.73 Å². The summed E-state index contributed by atoms with van der Waals surface area (Å²) in [5, 5.41) is 9.62. The molecule has 0 amide bonds. The van der Waals surface area contributed by atoms with Crippen LogP contribution >= 0.6 is 0 Å². The summed E-state index contributed by atoms with van der Waals surface area (Å²) in [5.41, 5.74) is 6.52. The molecule has 0 unspecified atom stereocenters. The zero-order valence-electron chi connectivity index (χ0n) is 15.0. The molecule has 6 nitrogen and oxygen atoms in total. The number of nitrogens with two attached hydrogens (primary N) is 1. The average molecular weight is 377 g/mol. The van der Waals surface area contributed by atoms with Crippen molar-refractivity contribution in [3.05, 3.63) is 98.9 Å². The van der Waals surface area contributed by atoms with Crippen LogP contribution < -0.4 is 16.0 Å². The first kappa shape index (κ1) is 17.6. The first-order valence-corrected chi connectivity index (χ1v) is 8.60. The van der Waals surface area contributed by atoms with Crippen LogP contribution in [-0.2, 0) is 6.54 Å². The fourth-order valence-corrected chi connectivity index (χ4v) is 3.46. The Morgan fingerprint density at radius 3 is 2.75 bits per heavy atom. The van der Waals surface area contributed by atoms with Crippen molar-refractivity contribution in [3.8, 4) is 11.8 Å². The number of aromatic nitrogens is 1. The predicted molar refractivity (Wildman–Crippen MR) is 98.9 cm³/mol. The quantitative estimate of drug-likeness (QED) is 0.757. The van der Waals surface area contributed by atoms with Crippen molar-refractivity contribution in [1.29, 1.82) is 5.26 Å². The topological polar surface area (TPSA) is 94.2 Å². The SMILES string of the molecule is Cc1cc2c(c(=O)n1Cc1ccco1)[C@@H](c1ccccc1F)C(C#N)=C(N)O2. The highest BCUT2D eigenvalue weighted by Crippen LogP contribution is 2.41. The lowest BCUT2D eigenvalue weighted by molar-refractivity contribution is 0.386. The van der Waals surface area contributed by atoms with Crippen molar-refractivity contribution in [1.82, 2.24) is 4.57 Å². The van der Waals surface area contributed by atoms with Crippen LogP contribution in [0.5, 0.6) is 5.75 Å². The molecule has 3 heterocycles. The Morgan fingerprint density at radius 2 is 2.07 bits per heavy atom. The van der Waals surface area contributed by atoms with E-state index in [4.69, 9.17) is 14.9 Å². The number of fused-ring (bicyclic) bond motifs is 1. The van der Waals surface area contributed by atoms with Crippen LogP contribution in [0.15, 0.2) is 69.4 Å². The third-order valence-electron chi connectivity index (χ3n) is 4.80. The molecule has 0 saturated carbocycles. The van der Waals surface area contributed by atoms with Crippen molar-refractivity contribution in [2.45, 2.75) is 19.4 Å². The molecule has 2 aromatic heterocycles. The summed E-state index contributed by atoms with van der Waals surface area (Å²) in [6.07, 6.45) is 1.52. The molecule has 1 aliphatic heterocycles. The van der Waals surface area contributed by atoms with Crippen molar-refractivity contribution >= 4 is 0 Å². The molecule has 1 atom stereocenters. The second kappa shape index (κ2) is 6.74. The Morgan fingerprint density at radius 1 is 1.29 bits per heavy atom. The fraction of sp³-hybridized carbons (Fsp3) is 0.143. The largest absolute Gasteiger partial charge is 0.467 e. The summed E-state index contributed by atoms with van der Waals surface area (Å²) in [6, 6.07) is 13.1. The van der Waals surface area contributed by atoms with E-state index in [0.717, 1.165) is 0 Å². The van der Waals surface area contributed by atoms with Gasteiger partial charge in [0, 0.05) is 17.3 Å². The molecule has 0 aliphatic carbocycles. The third kappa shape index (κ3) is 2.76. The van der Waals surface area contributed by atoms with Gasteiger partial charge >= 0.3 is 0 Å². The molecule has 0 radical (unpaired) electrons. The van der Waals surface area contributed by atoms with Crippen LogP contribution in [-0.4, -0.2) is 4.57 Å². The number of nitrogens with zero attached hydrogens (tertiary/aromatic N) is 2. The van der Waals surface area contributed by atoms with E-state index in [9.17, 15) is 14.4 Å². The van der Waals surface area contributed by atoms with Crippen molar-refractivity contribution < 1.29 is 13.5 Å². The molecule has 1 aromatic carbocycles. The molecule has 0 fully saturated rings. The summed E-state index contributed by atoms with van der Waals surface area (Å²) >= 11 is 0. The van der Waals surface area contributed by atoms with Gasteiger partial charge in [-0.25, -0.2) is 4.39 Å². The lowest BCUT2D eigenvalue weighted by Crippen LogP contribution is -2.33. The lowest BCUT2D eigenvalue weighted by Gasteiger charge is -2.27. The average Bonchev–Trinajstić information content (AvgIpc) is 3.18. The first-order chi connectivity index (χ1) is 13.5. The number of allylic oxidation sites excluding steroid dienone is 1. The maximum absolute atomic E-state index is 14.6. The molecule has 2 N–H and O–H groups in total. The normalized spacial score (nSPS) is 15.7. The minimum atomic E-state index is -0.953. The Hall–Kier alpha value is -3.79. The van der Waals surface area contributed by atoms with E-state index in [1.54, 1.807) is 37.3 Å². The van der Waals surface area contributed by atoms with Gasteiger partial charge in [-0.15, -0.1) is 0 Å².